The van der Waals surface area contributed by atoms with Crippen molar-refractivity contribution in [3.8, 4) is 5.75 Å². The highest BCUT2D eigenvalue weighted by atomic mass is 28.4. The molecule has 1 aliphatic heterocycles. The number of rotatable bonds is 2. The highest BCUT2D eigenvalue weighted by Crippen LogP contribution is 2.42. The summed E-state index contributed by atoms with van der Waals surface area (Å²) < 4.78 is 13.0. The van der Waals surface area contributed by atoms with Crippen LogP contribution in [0.4, 0.5) is 0 Å². The molecule has 2 nitrogen and oxygen atoms in total. The molecule has 0 radical (unpaired) electrons. The van der Waals surface area contributed by atoms with Crippen LogP contribution in [-0.2, 0) is 4.43 Å². The van der Waals surface area contributed by atoms with Crippen LogP contribution in [0, 0.1) is 0 Å². The van der Waals surface area contributed by atoms with Gasteiger partial charge in [-0.15, -0.1) is 0 Å². The summed E-state index contributed by atoms with van der Waals surface area (Å²) in [7, 11) is -1.89. The van der Waals surface area contributed by atoms with Crippen LogP contribution in [0.15, 0.2) is 48.1 Å². The van der Waals surface area contributed by atoms with Crippen molar-refractivity contribution in [1.29, 1.82) is 0 Å². The third kappa shape index (κ3) is 5.85. The van der Waals surface area contributed by atoms with Gasteiger partial charge in [0.25, 0.3) is 0 Å². The normalized spacial score (nSPS) is 23.3. The summed E-state index contributed by atoms with van der Waals surface area (Å²) in [5.41, 5.74) is 2.50. The fourth-order valence-corrected chi connectivity index (χ4v) is 4.11. The Hall–Kier alpha value is -1.32. The van der Waals surface area contributed by atoms with Gasteiger partial charge in [-0.25, -0.2) is 0 Å². The first-order chi connectivity index (χ1) is 12.2. The minimum absolute atomic E-state index is 0.0381. The Morgan fingerprint density at radius 2 is 1.85 bits per heavy atom. The lowest BCUT2D eigenvalue weighted by molar-refractivity contribution is 0.179. The summed E-state index contributed by atoms with van der Waals surface area (Å²) in [4.78, 5) is 0. The van der Waals surface area contributed by atoms with Crippen LogP contribution in [-0.4, -0.2) is 14.9 Å². The van der Waals surface area contributed by atoms with Crippen molar-refractivity contribution in [2.24, 2.45) is 0 Å². The van der Waals surface area contributed by atoms with Crippen LogP contribution in [0.25, 0.3) is 0 Å². The third-order valence-electron chi connectivity index (χ3n) is 5.57. The van der Waals surface area contributed by atoms with Gasteiger partial charge in [0, 0.05) is 5.56 Å². The van der Waals surface area contributed by atoms with E-state index in [2.05, 4.69) is 83.3 Å². The lowest BCUT2D eigenvalue weighted by Gasteiger charge is -2.39. The van der Waals surface area contributed by atoms with Crippen LogP contribution in [0.2, 0.25) is 18.1 Å². The average Bonchev–Trinajstić information content (AvgIpc) is 2.57. The molecule has 0 saturated heterocycles. The second-order valence-corrected chi connectivity index (χ2v) is 13.6. The Morgan fingerprint density at radius 1 is 1.12 bits per heavy atom. The molecule has 0 fully saturated rings. The van der Waals surface area contributed by atoms with Crippen molar-refractivity contribution in [2.45, 2.75) is 77.6 Å². The number of hydrogen-bond donors (Lipinski definition) is 0. The van der Waals surface area contributed by atoms with E-state index in [4.69, 9.17) is 9.16 Å². The number of ether oxygens (including phenoxy) is 1. The first-order valence-corrected chi connectivity index (χ1v) is 12.8. The Bertz CT molecular complexity index is 638. The highest BCUT2D eigenvalue weighted by molar-refractivity contribution is 6.74. The zero-order chi connectivity index (χ0) is 19.2. The summed E-state index contributed by atoms with van der Waals surface area (Å²) in [6.45, 7) is 14.5. The Morgan fingerprint density at radius 3 is 2.58 bits per heavy atom. The Balaban J connectivity index is 2.38. The van der Waals surface area contributed by atoms with E-state index >= 15 is 0 Å². The van der Waals surface area contributed by atoms with Gasteiger partial charge in [-0.05, 0) is 56.8 Å². The quantitative estimate of drug-likeness (QED) is 0.511. The van der Waals surface area contributed by atoms with Gasteiger partial charge < -0.3 is 9.16 Å². The lowest BCUT2D eigenvalue weighted by atomic mass is 10.0. The van der Waals surface area contributed by atoms with E-state index in [1.54, 1.807) is 0 Å². The lowest BCUT2D eigenvalue weighted by Crippen LogP contribution is -2.41. The molecule has 0 amide bonds. The number of benzene rings is 1. The first kappa shape index (κ1) is 21.0. The average molecular weight is 373 g/mol. The van der Waals surface area contributed by atoms with Crippen molar-refractivity contribution >= 4 is 8.32 Å². The molecule has 0 N–H and O–H groups in total. The van der Waals surface area contributed by atoms with Gasteiger partial charge in [0.15, 0.2) is 8.32 Å². The molecule has 0 spiro atoms. The predicted octanol–water partition coefficient (Wildman–Crippen LogP) is 7.20. The van der Waals surface area contributed by atoms with Gasteiger partial charge in [-0.2, -0.15) is 0 Å². The molecule has 1 aromatic carbocycles. The molecule has 0 aromatic heterocycles. The molecule has 0 saturated carbocycles. The molecule has 26 heavy (non-hydrogen) atoms. The summed E-state index contributed by atoms with van der Waals surface area (Å²) in [6.07, 6.45) is 11.1. The van der Waals surface area contributed by atoms with E-state index in [1.165, 1.54) is 11.1 Å². The van der Waals surface area contributed by atoms with Gasteiger partial charge in [0.1, 0.15) is 5.75 Å². The minimum atomic E-state index is -1.89. The van der Waals surface area contributed by atoms with Crippen molar-refractivity contribution in [3.63, 3.8) is 0 Å². The number of allylic oxidation sites excluding steroid dienone is 3. The highest BCUT2D eigenvalue weighted by Gasteiger charge is 2.39. The minimum Gasteiger partial charge on any atom is -0.493 e. The molecule has 1 heterocycles. The fraction of sp³-hybridized carbons (Fsp3) is 0.565. The van der Waals surface area contributed by atoms with Crippen molar-refractivity contribution < 1.29 is 9.16 Å². The first-order valence-electron chi connectivity index (χ1n) is 9.93. The standard InChI is InChI=1S/C23H36O2Si/c1-19-13-9-7-8-12-18-24-21-15-11-10-14-20(21)22(17-16-19)25-26(5,6)23(2,3)4/h9-11,13-16,22H,7-8,12,17-18H2,1-6H3/b13-9+,19-16+. The van der Waals surface area contributed by atoms with E-state index in [0.717, 1.165) is 38.0 Å². The third-order valence-corrected chi connectivity index (χ3v) is 10.1. The molecule has 3 heteroatoms. The van der Waals surface area contributed by atoms with Gasteiger partial charge in [0.05, 0.1) is 12.7 Å². The maximum atomic E-state index is 6.84. The SMILES string of the molecule is CC1=C\CC(O[Si](C)(C)C(C)(C)C)c2ccccc2OCCCC\C=C\1. The van der Waals surface area contributed by atoms with Gasteiger partial charge >= 0.3 is 0 Å². The van der Waals surface area contributed by atoms with Crippen LogP contribution in [0.1, 0.15) is 65.0 Å². The molecular weight excluding hydrogens is 336 g/mol. The van der Waals surface area contributed by atoms with Crippen LogP contribution < -0.4 is 4.74 Å². The zero-order valence-corrected chi connectivity index (χ0v) is 18.5. The van der Waals surface area contributed by atoms with Crippen molar-refractivity contribution in [2.75, 3.05) is 6.61 Å². The maximum Gasteiger partial charge on any atom is 0.192 e. The monoisotopic (exact) mass is 372 g/mol. The second kappa shape index (κ2) is 9.05. The molecule has 1 unspecified atom stereocenters. The zero-order valence-electron chi connectivity index (χ0n) is 17.5. The summed E-state index contributed by atoms with van der Waals surface area (Å²) in [6, 6.07) is 8.42. The fourth-order valence-electron chi connectivity index (χ4n) is 2.83. The summed E-state index contributed by atoms with van der Waals surface area (Å²) in [5, 5.41) is 0.183. The van der Waals surface area contributed by atoms with E-state index in [1.807, 2.05) is 0 Å². The largest absolute Gasteiger partial charge is 0.493 e. The second-order valence-electron chi connectivity index (χ2n) is 8.84. The maximum absolute atomic E-state index is 6.84. The van der Waals surface area contributed by atoms with E-state index < -0.39 is 8.32 Å². The number of hydrogen-bond acceptors (Lipinski definition) is 2. The van der Waals surface area contributed by atoms with Gasteiger partial charge in [-0.1, -0.05) is 62.8 Å². The molecule has 144 valence electrons. The summed E-state index contributed by atoms with van der Waals surface area (Å²) >= 11 is 0. The Labute approximate surface area is 161 Å². The van der Waals surface area contributed by atoms with E-state index in [-0.39, 0.29) is 11.1 Å². The van der Waals surface area contributed by atoms with Crippen LogP contribution in [0.5, 0.6) is 5.75 Å². The molecular formula is C23H36O2Si. The molecule has 1 atom stereocenters. The van der Waals surface area contributed by atoms with E-state index in [0.29, 0.717) is 0 Å². The van der Waals surface area contributed by atoms with Gasteiger partial charge in [0.2, 0.25) is 0 Å². The van der Waals surface area contributed by atoms with Crippen molar-refractivity contribution in [3.05, 3.63) is 53.6 Å². The van der Waals surface area contributed by atoms with Crippen LogP contribution in [0.3, 0.4) is 0 Å². The van der Waals surface area contributed by atoms with Crippen molar-refractivity contribution in [1.82, 2.24) is 0 Å². The predicted molar refractivity (Wildman–Crippen MR) is 114 cm³/mol. The van der Waals surface area contributed by atoms with E-state index in [9.17, 15) is 0 Å². The summed E-state index contributed by atoms with van der Waals surface area (Å²) in [5.74, 6) is 0.981. The molecule has 2 rings (SSSR count). The topological polar surface area (TPSA) is 18.5 Å². The molecule has 0 aliphatic carbocycles. The number of fused-ring (bicyclic) bond motifs is 1. The molecule has 0 bridgehead atoms. The molecule has 1 aromatic rings. The smallest absolute Gasteiger partial charge is 0.192 e. The molecule has 1 aliphatic rings. The number of para-hydroxylation sites is 1. The van der Waals surface area contributed by atoms with Gasteiger partial charge in [-0.3, -0.25) is 0 Å². The van der Waals surface area contributed by atoms with Crippen LogP contribution >= 0.6 is 0 Å². The Kier molecular flexibility index (Phi) is 7.30.